The fourth-order valence-corrected chi connectivity index (χ4v) is 6.11. The molecule has 0 spiro atoms. The van der Waals surface area contributed by atoms with Gasteiger partial charge in [0.25, 0.3) is 5.91 Å². The molecule has 6 nitrogen and oxygen atoms in total. The van der Waals surface area contributed by atoms with Crippen LogP contribution in [0.5, 0.6) is 5.75 Å². The number of likely N-dealkylation sites (tertiary alicyclic amines) is 1. The molecule has 0 bridgehead atoms. The molecule has 1 fully saturated rings. The third kappa shape index (κ3) is 6.44. The number of rotatable bonds is 10. The van der Waals surface area contributed by atoms with Crippen molar-refractivity contribution in [2.24, 2.45) is 0 Å². The Labute approximate surface area is 232 Å². The zero-order valence-corrected chi connectivity index (χ0v) is 24.1. The lowest BCUT2D eigenvalue weighted by atomic mass is 9.96. The van der Waals surface area contributed by atoms with Crippen LogP contribution in [0.2, 0.25) is 0 Å². The van der Waals surface area contributed by atoms with Gasteiger partial charge in [0.05, 0.1) is 26.1 Å². The lowest BCUT2D eigenvalue weighted by Crippen LogP contribution is -2.63. The number of esters is 1. The van der Waals surface area contributed by atoms with Crippen LogP contribution in [0.4, 0.5) is 5.69 Å². The van der Waals surface area contributed by atoms with Crippen LogP contribution in [0.3, 0.4) is 0 Å². The maximum Gasteiger partial charge on any atom is 0.313 e. The Morgan fingerprint density at radius 2 is 1.72 bits per heavy atom. The van der Waals surface area contributed by atoms with E-state index >= 15 is 0 Å². The number of methoxy groups -OCH3 is 1. The van der Waals surface area contributed by atoms with E-state index in [-0.39, 0.29) is 23.8 Å². The minimum atomic E-state index is -0.374. The first-order valence-electron chi connectivity index (χ1n) is 14.2. The van der Waals surface area contributed by atoms with Gasteiger partial charge in [-0.15, -0.1) is 0 Å². The Morgan fingerprint density at radius 1 is 1.00 bits per heavy atom. The van der Waals surface area contributed by atoms with Crippen LogP contribution < -0.4 is 10.1 Å². The quantitative estimate of drug-likeness (QED) is 0.239. The SMILES string of the molecule is CCC[N+]1(CCOC(=O)[C@@H](C)c2ccc3cc(OC)ccc3c2)CCCC[C@H]1C(=O)Nc1c(C)cccc1C. The van der Waals surface area contributed by atoms with Gasteiger partial charge < -0.3 is 19.3 Å². The number of amides is 1. The first-order valence-corrected chi connectivity index (χ1v) is 14.2. The van der Waals surface area contributed by atoms with E-state index in [1.165, 1.54) is 0 Å². The molecule has 6 heteroatoms. The summed E-state index contributed by atoms with van der Waals surface area (Å²) in [6.07, 6.45) is 3.95. The Morgan fingerprint density at radius 3 is 2.44 bits per heavy atom. The normalized spacial score (nSPS) is 19.9. The van der Waals surface area contributed by atoms with Crippen molar-refractivity contribution in [1.29, 1.82) is 0 Å². The highest BCUT2D eigenvalue weighted by Gasteiger charge is 2.43. The van der Waals surface area contributed by atoms with E-state index in [0.29, 0.717) is 17.6 Å². The summed E-state index contributed by atoms with van der Waals surface area (Å²) in [6, 6.07) is 17.9. The number of carbonyl (C=O) groups excluding carboxylic acids is 2. The second kappa shape index (κ2) is 12.6. The third-order valence-corrected chi connectivity index (χ3v) is 8.40. The van der Waals surface area contributed by atoms with Crippen LogP contribution in [0, 0.1) is 13.8 Å². The van der Waals surface area contributed by atoms with Crippen molar-refractivity contribution in [2.45, 2.75) is 65.3 Å². The van der Waals surface area contributed by atoms with E-state index in [4.69, 9.17) is 9.47 Å². The molecule has 39 heavy (non-hydrogen) atoms. The fraction of sp³-hybridized carbons (Fsp3) is 0.455. The molecule has 0 radical (unpaired) electrons. The molecule has 1 aliphatic rings. The van der Waals surface area contributed by atoms with Crippen LogP contribution >= 0.6 is 0 Å². The molecule has 0 saturated carbocycles. The van der Waals surface area contributed by atoms with Gasteiger partial charge in [0.2, 0.25) is 0 Å². The molecule has 0 aliphatic carbocycles. The average Bonchev–Trinajstić information content (AvgIpc) is 2.94. The monoisotopic (exact) mass is 531 g/mol. The van der Waals surface area contributed by atoms with Crippen LogP contribution in [0.1, 0.15) is 62.1 Å². The van der Waals surface area contributed by atoms with Crippen LogP contribution in [0.25, 0.3) is 10.8 Å². The Hall–Kier alpha value is -3.38. The minimum Gasteiger partial charge on any atom is -0.497 e. The second-order valence-electron chi connectivity index (χ2n) is 11.0. The number of para-hydroxylation sites is 1. The molecule has 1 saturated heterocycles. The Bertz CT molecular complexity index is 1300. The largest absolute Gasteiger partial charge is 0.497 e. The molecule has 1 aliphatic heterocycles. The Balaban J connectivity index is 1.43. The number of carbonyl (C=O) groups is 2. The van der Waals surface area contributed by atoms with E-state index in [0.717, 1.165) is 77.7 Å². The molecule has 208 valence electrons. The summed E-state index contributed by atoms with van der Waals surface area (Å²) in [5.41, 5.74) is 3.99. The maximum absolute atomic E-state index is 13.7. The molecule has 0 aromatic heterocycles. The van der Waals surface area contributed by atoms with Gasteiger partial charge in [-0.3, -0.25) is 9.59 Å². The summed E-state index contributed by atoms with van der Waals surface area (Å²) in [5.74, 6) is 0.283. The van der Waals surface area contributed by atoms with Crippen LogP contribution in [0.15, 0.2) is 54.6 Å². The van der Waals surface area contributed by atoms with E-state index in [9.17, 15) is 9.59 Å². The predicted molar refractivity (Wildman–Crippen MR) is 157 cm³/mol. The molecule has 3 aromatic rings. The topological polar surface area (TPSA) is 64.6 Å². The van der Waals surface area contributed by atoms with E-state index < -0.39 is 0 Å². The average molecular weight is 532 g/mol. The number of benzene rings is 3. The number of hydrogen-bond acceptors (Lipinski definition) is 4. The number of piperidine rings is 1. The van der Waals surface area contributed by atoms with E-state index in [2.05, 4.69) is 12.2 Å². The van der Waals surface area contributed by atoms with Crippen molar-refractivity contribution in [3.8, 4) is 5.75 Å². The summed E-state index contributed by atoms with van der Waals surface area (Å²) >= 11 is 0. The number of quaternary nitrogens is 1. The number of anilines is 1. The molecule has 3 atom stereocenters. The zero-order chi connectivity index (χ0) is 28.0. The molecular formula is C33H43N2O4+. The van der Waals surface area contributed by atoms with Gasteiger partial charge in [0.15, 0.2) is 6.04 Å². The van der Waals surface area contributed by atoms with Gasteiger partial charge in [-0.2, -0.15) is 0 Å². The van der Waals surface area contributed by atoms with Gasteiger partial charge in [0, 0.05) is 12.1 Å². The lowest BCUT2D eigenvalue weighted by molar-refractivity contribution is -0.947. The highest BCUT2D eigenvalue weighted by molar-refractivity contribution is 5.95. The van der Waals surface area contributed by atoms with Crippen molar-refractivity contribution in [2.75, 3.05) is 38.7 Å². The van der Waals surface area contributed by atoms with E-state index in [1.807, 2.05) is 75.4 Å². The molecule has 3 aromatic carbocycles. The molecule has 1 unspecified atom stereocenters. The number of hydrogen-bond donors (Lipinski definition) is 1. The summed E-state index contributed by atoms with van der Waals surface area (Å²) in [7, 11) is 1.66. The first-order chi connectivity index (χ1) is 18.8. The molecule has 1 amide bonds. The molecule has 4 rings (SSSR count). The van der Waals surface area contributed by atoms with Crippen molar-refractivity contribution < 1.29 is 23.5 Å². The van der Waals surface area contributed by atoms with Gasteiger partial charge in [0.1, 0.15) is 18.9 Å². The summed E-state index contributed by atoms with van der Waals surface area (Å²) in [6.45, 7) is 10.9. The van der Waals surface area contributed by atoms with Crippen LogP contribution in [-0.2, 0) is 14.3 Å². The highest BCUT2D eigenvalue weighted by atomic mass is 16.5. The first kappa shape index (κ1) is 28.6. The maximum atomic E-state index is 13.7. The van der Waals surface area contributed by atoms with Gasteiger partial charge in [-0.05, 0) is 79.6 Å². The summed E-state index contributed by atoms with van der Waals surface area (Å²) in [4.78, 5) is 26.7. The minimum absolute atomic E-state index is 0.0769. The lowest BCUT2D eigenvalue weighted by Gasteiger charge is -2.46. The molecular weight excluding hydrogens is 488 g/mol. The number of nitrogens with one attached hydrogen (secondary N) is 1. The predicted octanol–water partition coefficient (Wildman–Crippen LogP) is 6.53. The zero-order valence-electron chi connectivity index (χ0n) is 24.1. The van der Waals surface area contributed by atoms with E-state index in [1.54, 1.807) is 7.11 Å². The molecule has 1 N–H and O–H groups in total. The van der Waals surface area contributed by atoms with Gasteiger partial charge in [-0.1, -0.05) is 49.4 Å². The summed E-state index contributed by atoms with van der Waals surface area (Å²) < 4.78 is 11.9. The van der Waals surface area contributed by atoms with Crippen molar-refractivity contribution >= 4 is 28.3 Å². The van der Waals surface area contributed by atoms with Gasteiger partial charge >= 0.3 is 5.97 Å². The number of nitrogens with zero attached hydrogens (tertiary/aromatic N) is 1. The standard InChI is InChI=1S/C33H42N2O4/c1-6-17-35(18-8-7-12-30(35)32(36)34-31-23(2)10-9-11-24(31)3)19-20-39-33(37)25(4)26-13-14-28-22-29(38-5)16-15-27(28)21-26/h9-11,13-16,21-22,25,30H,6-8,12,17-20H2,1-5H3/p+1/t25-,30-,35?/m0/s1. The smallest absolute Gasteiger partial charge is 0.313 e. The second-order valence-corrected chi connectivity index (χ2v) is 11.0. The van der Waals surface area contributed by atoms with Crippen molar-refractivity contribution in [3.05, 3.63) is 71.3 Å². The Kier molecular flexibility index (Phi) is 9.28. The number of aryl methyl sites for hydroxylation is 2. The molecule has 1 heterocycles. The fourth-order valence-electron chi connectivity index (χ4n) is 6.11. The number of ether oxygens (including phenoxy) is 2. The third-order valence-electron chi connectivity index (χ3n) is 8.40. The number of fused-ring (bicyclic) bond motifs is 1. The van der Waals surface area contributed by atoms with Crippen molar-refractivity contribution in [3.63, 3.8) is 0 Å². The van der Waals surface area contributed by atoms with Crippen molar-refractivity contribution in [1.82, 2.24) is 0 Å². The summed E-state index contributed by atoms with van der Waals surface area (Å²) in [5, 5.41) is 5.38. The highest BCUT2D eigenvalue weighted by Crippen LogP contribution is 2.30. The van der Waals surface area contributed by atoms with Crippen LogP contribution in [-0.4, -0.2) is 55.8 Å². The van der Waals surface area contributed by atoms with Gasteiger partial charge in [-0.25, -0.2) is 0 Å².